The number of nitrogens with one attached hydrogen (secondary N) is 1. The molecule has 2 aromatic rings. The number of carbonyl (C=O) groups is 1. The van der Waals surface area contributed by atoms with E-state index in [1.54, 1.807) is 7.11 Å². The number of nitrogens with zero attached hydrogens (tertiary/aromatic N) is 1. The van der Waals surface area contributed by atoms with E-state index < -0.39 is 10.8 Å². The normalized spacial score (nSPS) is 10.2. The van der Waals surface area contributed by atoms with E-state index in [4.69, 9.17) is 16.3 Å². The average Bonchev–Trinajstić information content (AvgIpc) is 2.54. The summed E-state index contributed by atoms with van der Waals surface area (Å²) in [5.74, 6) is 0.199. The Hall–Kier alpha value is -2.60. The standard InChI is InChI=1S/C16H15ClN2O4/c1-23-15-5-3-2-4-11(15)8-9-18-16(20)13-10-12(17)6-7-14(13)19(21)22/h2-7,10H,8-9H2,1H3,(H,18,20). The maximum atomic E-state index is 12.2. The molecule has 0 saturated heterocycles. The lowest BCUT2D eigenvalue weighted by atomic mass is 10.1. The predicted molar refractivity (Wildman–Crippen MR) is 87.1 cm³/mol. The number of carbonyl (C=O) groups excluding carboxylic acids is 1. The number of hydrogen-bond acceptors (Lipinski definition) is 4. The molecular weight excluding hydrogens is 320 g/mol. The Kier molecular flexibility index (Phi) is 5.54. The minimum absolute atomic E-state index is 0.0532. The highest BCUT2D eigenvalue weighted by molar-refractivity contribution is 6.31. The van der Waals surface area contributed by atoms with Gasteiger partial charge in [0.1, 0.15) is 11.3 Å². The SMILES string of the molecule is COc1ccccc1CCNC(=O)c1cc(Cl)ccc1[N+](=O)[O-]. The lowest BCUT2D eigenvalue weighted by Gasteiger charge is -2.09. The molecule has 0 aliphatic heterocycles. The lowest BCUT2D eigenvalue weighted by molar-refractivity contribution is -0.385. The molecule has 1 N–H and O–H groups in total. The summed E-state index contributed by atoms with van der Waals surface area (Å²) in [6.45, 7) is 0.322. The zero-order valence-electron chi connectivity index (χ0n) is 12.4. The molecule has 7 heteroatoms. The van der Waals surface area contributed by atoms with E-state index in [0.717, 1.165) is 11.3 Å². The van der Waals surface area contributed by atoms with Gasteiger partial charge in [-0.2, -0.15) is 0 Å². The van der Waals surface area contributed by atoms with Crippen molar-refractivity contribution >= 4 is 23.2 Å². The molecular formula is C16H15ClN2O4. The molecule has 0 radical (unpaired) electrons. The Morgan fingerprint density at radius 2 is 2.04 bits per heavy atom. The van der Waals surface area contributed by atoms with Crippen molar-refractivity contribution in [1.29, 1.82) is 0 Å². The quantitative estimate of drug-likeness (QED) is 0.649. The summed E-state index contributed by atoms with van der Waals surface area (Å²) >= 11 is 5.82. The van der Waals surface area contributed by atoms with Crippen LogP contribution in [-0.2, 0) is 6.42 Å². The molecule has 0 atom stereocenters. The molecule has 0 fully saturated rings. The number of halogens is 1. The number of nitro groups is 1. The van der Waals surface area contributed by atoms with Crippen molar-refractivity contribution in [3.05, 3.63) is 68.7 Å². The van der Waals surface area contributed by atoms with Crippen LogP contribution in [-0.4, -0.2) is 24.5 Å². The second-order valence-electron chi connectivity index (χ2n) is 4.74. The molecule has 1 amide bonds. The van der Waals surface area contributed by atoms with Crippen LogP contribution in [0.25, 0.3) is 0 Å². The molecule has 120 valence electrons. The molecule has 0 unspecified atom stereocenters. The van der Waals surface area contributed by atoms with Crippen molar-refractivity contribution in [3.63, 3.8) is 0 Å². The highest BCUT2D eigenvalue weighted by Crippen LogP contribution is 2.22. The second kappa shape index (κ2) is 7.60. The number of benzene rings is 2. The molecule has 2 rings (SSSR count). The second-order valence-corrected chi connectivity index (χ2v) is 5.17. The number of hydrogen-bond donors (Lipinski definition) is 1. The first-order valence-corrected chi connectivity index (χ1v) is 7.24. The van der Waals surface area contributed by atoms with Crippen molar-refractivity contribution in [2.45, 2.75) is 6.42 Å². The van der Waals surface area contributed by atoms with Crippen LogP contribution in [0.5, 0.6) is 5.75 Å². The largest absolute Gasteiger partial charge is 0.496 e. The summed E-state index contributed by atoms with van der Waals surface area (Å²) in [5, 5.41) is 13.9. The fraction of sp³-hybridized carbons (Fsp3) is 0.188. The molecule has 0 spiro atoms. The van der Waals surface area contributed by atoms with Gasteiger partial charge in [-0.05, 0) is 30.2 Å². The zero-order chi connectivity index (χ0) is 16.8. The van der Waals surface area contributed by atoms with Crippen molar-refractivity contribution in [1.82, 2.24) is 5.32 Å². The van der Waals surface area contributed by atoms with Gasteiger partial charge in [0, 0.05) is 17.6 Å². The third-order valence-corrected chi connectivity index (χ3v) is 3.51. The Bertz CT molecular complexity index is 734. The molecule has 6 nitrogen and oxygen atoms in total. The first-order valence-electron chi connectivity index (χ1n) is 6.87. The van der Waals surface area contributed by atoms with Gasteiger partial charge in [0.2, 0.25) is 0 Å². The highest BCUT2D eigenvalue weighted by Gasteiger charge is 2.20. The van der Waals surface area contributed by atoms with E-state index >= 15 is 0 Å². The van der Waals surface area contributed by atoms with Crippen LogP contribution in [0.3, 0.4) is 0 Å². The molecule has 0 bridgehead atoms. The van der Waals surface area contributed by atoms with Gasteiger partial charge in [0.25, 0.3) is 11.6 Å². The molecule has 0 aromatic heterocycles. The van der Waals surface area contributed by atoms with Gasteiger partial charge in [-0.15, -0.1) is 0 Å². The monoisotopic (exact) mass is 334 g/mol. The summed E-state index contributed by atoms with van der Waals surface area (Å²) in [7, 11) is 1.58. The van der Waals surface area contributed by atoms with Gasteiger partial charge in [-0.25, -0.2) is 0 Å². The molecule has 0 saturated carbocycles. The first-order chi connectivity index (χ1) is 11.0. The van der Waals surface area contributed by atoms with Crippen LogP contribution in [0.4, 0.5) is 5.69 Å². The van der Waals surface area contributed by atoms with Gasteiger partial charge in [0.15, 0.2) is 0 Å². The molecule has 2 aromatic carbocycles. The molecule has 0 aliphatic carbocycles. The van der Waals surface area contributed by atoms with Crippen LogP contribution in [0, 0.1) is 10.1 Å². The van der Waals surface area contributed by atoms with E-state index in [2.05, 4.69) is 5.32 Å². The summed E-state index contributed by atoms with van der Waals surface area (Å²) in [4.78, 5) is 22.5. The van der Waals surface area contributed by atoms with E-state index in [-0.39, 0.29) is 16.3 Å². The number of amides is 1. The summed E-state index contributed by atoms with van der Waals surface area (Å²) in [5.41, 5.74) is 0.614. The number of rotatable bonds is 6. The Morgan fingerprint density at radius 1 is 1.30 bits per heavy atom. The highest BCUT2D eigenvalue weighted by atomic mass is 35.5. The van der Waals surface area contributed by atoms with E-state index in [9.17, 15) is 14.9 Å². The van der Waals surface area contributed by atoms with Gasteiger partial charge >= 0.3 is 0 Å². The van der Waals surface area contributed by atoms with E-state index in [0.29, 0.717) is 13.0 Å². The minimum Gasteiger partial charge on any atom is -0.496 e. The van der Waals surface area contributed by atoms with Gasteiger partial charge in [0.05, 0.1) is 12.0 Å². The van der Waals surface area contributed by atoms with Crippen molar-refractivity contribution in [2.24, 2.45) is 0 Å². The Morgan fingerprint density at radius 3 is 2.74 bits per heavy atom. The first kappa shape index (κ1) is 16.8. The molecule has 0 heterocycles. The topological polar surface area (TPSA) is 81.5 Å². The molecule has 23 heavy (non-hydrogen) atoms. The summed E-state index contributed by atoms with van der Waals surface area (Å²) in [6.07, 6.45) is 0.546. The molecule has 0 aliphatic rings. The fourth-order valence-electron chi connectivity index (χ4n) is 2.16. The van der Waals surface area contributed by atoms with Crippen LogP contribution < -0.4 is 10.1 Å². The average molecular weight is 335 g/mol. The number of methoxy groups -OCH3 is 1. The zero-order valence-corrected chi connectivity index (χ0v) is 13.2. The number of para-hydroxylation sites is 1. The van der Waals surface area contributed by atoms with Gasteiger partial charge < -0.3 is 10.1 Å². The fourth-order valence-corrected chi connectivity index (χ4v) is 2.34. The smallest absolute Gasteiger partial charge is 0.282 e. The Balaban J connectivity index is 2.06. The maximum absolute atomic E-state index is 12.2. The van der Waals surface area contributed by atoms with Crippen molar-refractivity contribution < 1.29 is 14.5 Å². The van der Waals surface area contributed by atoms with Crippen LogP contribution >= 0.6 is 11.6 Å². The van der Waals surface area contributed by atoms with Gasteiger partial charge in [-0.1, -0.05) is 29.8 Å². The predicted octanol–water partition coefficient (Wildman–Crippen LogP) is 3.23. The lowest BCUT2D eigenvalue weighted by Crippen LogP contribution is -2.26. The minimum atomic E-state index is -0.606. The number of ether oxygens (including phenoxy) is 1. The summed E-state index contributed by atoms with van der Waals surface area (Å²) < 4.78 is 5.23. The number of nitro benzene ring substituents is 1. The van der Waals surface area contributed by atoms with Crippen LogP contribution in [0.15, 0.2) is 42.5 Å². The van der Waals surface area contributed by atoms with Crippen molar-refractivity contribution in [3.8, 4) is 5.75 Å². The Labute approximate surface area is 138 Å². The van der Waals surface area contributed by atoms with E-state index in [1.165, 1.54) is 18.2 Å². The summed E-state index contributed by atoms with van der Waals surface area (Å²) in [6, 6.07) is 11.4. The van der Waals surface area contributed by atoms with Crippen LogP contribution in [0.2, 0.25) is 5.02 Å². The van der Waals surface area contributed by atoms with Gasteiger partial charge in [-0.3, -0.25) is 14.9 Å². The van der Waals surface area contributed by atoms with Crippen molar-refractivity contribution in [2.75, 3.05) is 13.7 Å². The van der Waals surface area contributed by atoms with E-state index in [1.807, 2.05) is 24.3 Å². The maximum Gasteiger partial charge on any atom is 0.282 e. The third kappa shape index (κ3) is 4.20. The van der Waals surface area contributed by atoms with Crippen LogP contribution in [0.1, 0.15) is 15.9 Å². The third-order valence-electron chi connectivity index (χ3n) is 3.27.